The van der Waals surface area contributed by atoms with Crippen molar-refractivity contribution >= 4 is 0 Å². The number of nitrogens with zero attached hydrogens (tertiary/aromatic N) is 1. The van der Waals surface area contributed by atoms with E-state index >= 15 is 0 Å². The van der Waals surface area contributed by atoms with E-state index in [1.54, 1.807) is 0 Å². The lowest BCUT2D eigenvalue weighted by atomic mass is 9.75. The summed E-state index contributed by atoms with van der Waals surface area (Å²) in [4.78, 5) is 2.91. The molecule has 6 unspecified atom stereocenters. The van der Waals surface area contributed by atoms with Crippen LogP contribution in [0.2, 0.25) is 0 Å². The van der Waals surface area contributed by atoms with Gasteiger partial charge in [-0.2, -0.15) is 0 Å². The number of rotatable bonds is 4. The molecule has 0 aromatic carbocycles. The van der Waals surface area contributed by atoms with Crippen molar-refractivity contribution in [2.75, 3.05) is 13.1 Å². The lowest BCUT2D eigenvalue weighted by molar-refractivity contribution is 0.0395. The third kappa shape index (κ3) is 2.71. The highest BCUT2D eigenvalue weighted by molar-refractivity contribution is 5.02. The lowest BCUT2D eigenvalue weighted by Crippen LogP contribution is -2.58. The molecule has 2 heteroatoms. The SMILES string of the molecule is CCCNC1CC(C)CC(C)C1N1CC2CCC1C2. The third-order valence-electron chi connectivity index (χ3n) is 5.92. The second-order valence-electron chi connectivity index (χ2n) is 7.63. The summed E-state index contributed by atoms with van der Waals surface area (Å²) >= 11 is 0. The molecule has 1 N–H and O–H groups in total. The van der Waals surface area contributed by atoms with E-state index in [4.69, 9.17) is 0 Å². The van der Waals surface area contributed by atoms with Gasteiger partial charge in [0.1, 0.15) is 0 Å². The number of nitrogens with one attached hydrogen (secondary N) is 1. The largest absolute Gasteiger partial charge is 0.312 e. The first-order valence-corrected chi connectivity index (χ1v) is 8.68. The van der Waals surface area contributed by atoms with Crippen molar-refractivity contribution in [3.8, 4) is 0 Å². The highest BCUT2D eigenvalue weighted by Gasteiger charge is 2.46. The molecule has 110 valence electrons. The second kappa shape index (κ2) is 5.73. The monoisotopic (exact) mass is 264 g/mol. The van der Waals surface area contributed by atoms with Crippen LogP contribution in [-0.2, 0) is 0 Å². The molecule has 1 aliphatic heterocycles. The normalized spacial score (nSPS) is 46.9. The zero-order valence-corrected chi connectivity index (χ0v) is 13.1. The summed E-state index contributed by atoms with van der Waals surface area (Å²) < 4.78 is 0. The van der Waals surface area contributed by atoms with E-state index in [9.17, 15) is 0 Å². The van der Waals surface area contributed by atoms with Crippen molar-refractivity contribution in [3.05, 3.63) is 0 Å². The van der Waals surface area contributed by atoms with Crippen LogP contribution >= 0.6 is 0 Å². The molecule has 1 heterocycles. The van der Waals surface area contributed by atoms with Gasteiger partial charge in [-0.1, -0.05) is 20.8 Å². The Morgan fingerprint density at radius 1 is 1.11 bits per heavy atom. The molecule has 0 spiro atoms. The van der Waals surface area contributed by atoms with Crippen LogP contribution in [0.25, 0.3) is 0 Å². The Morgan fingerprint density at radius 3 is 2.58 bits per heavy atom. The van der Waals surface area contributed by atoms with Crippen molar-refractivity contribution in [2.24, 2.45) is 17.8 Å². The van der Waals surface area contributed by atoms with E-state index in [0.29, 0.717) is 0 Å². The topological polar surface area (TPSA) is 15.3 Å². The standard InChI is InChI=1S/C17H32N2/c1-4-7-18-16-9-12(2)8-13(3)17(16)19-11-14-5-6-15(19)10-14/h12-18H,4-11H2,1-3H3. The van der Waals surface area contributed by atoms with E-state index in [2.05, 4.69) is 31.0 Å². The van der Waals surface area contributed by atoms with Crippen molar-refractivity contribution in [3.63, 3.8) is 0 Å². The zero-order valence-electron chi connectivity index (χ0n) is 13.1. The van der Waals surface area contributed by atoms with Crippen LogP contribution in [0.15, 0.2) is 0 Å². The highest BCUT2D eigenvalue weighted by atomic mass is 15.3. The second-order valence-corrected chi connectivity index (χ2v) is 7.63. The average Bonchev–Trinajstić information content (AvgIpc) is 2.97. The molecule has 0 aromatic rings. The van der Waals surface area contributed by atoms with Crippen LogP contribution in [0.3, 0.4) is 0 Å². The maximum absolute atomic E-state index is 3.88. The molecule has 2 bridgehead atoms. The first-order chi connectivity index (χ1) is 9.19. The van der Waals surface area contributed by atoms with Crippen molar-refractivity contribution < 1.29 is 0 Å². The summed E-state index contributed by atoms with van der Waals surface area (Å²) in [5, 5.41) is 3.88. The Kier molecular flexibility index (Phi) is 4.19. The molecule has 3 rings (SSSR count). The minimum absolute atomic E-state index is 0.748. The first-order valence-electron chi connectivity index (χ1n) is 8.68. The van der Waals surface area contributed by atoms with Gasteiger partial charge in [0.15, 0.2) is 0 Å². The molecule has 2 aliphatic carbocycles. The number of hydrogen-bond donors (Lipinski definition) is 1. The quantitative estimate of drug-likeness (QED) is 0.838. The summed E-state index contributed by atoms with van der Waals surface area (Å²) in [6.45, 7) is 9.84. The molecular weight excluding hydrogens is 232 g/mol. The zero-order chi connectivity index (χ0) is 13.4. The Labute approximate surface area is 119 Å². The smallest absolute Gasteiger partial charge is 0.0278 e. The van der Waals surface area contributed by atoms with Gasteiger partial charge in [0.25, 0.3) is 0 Å². The van der Waals surface area contributed by atoms with Crippen LogP contribution in [-0.4, -0.2) is 36.1 Å². The molecule has 0 aromatic heterocycles. The fraction of sp³-hybridized carbons (Fsp3) is 1.00. The molecule has 2 saturated carbocycles. The Bertz CT molecular complexity index is 304. The molecular formula is C17H32N2. The van der Waals surface area contributed by atoms with Crippen molar-refractivity contribution in [1.29, 1.82) is 0 Å². The van der Waals surface area contributed by atoms with Gasteiger partial charge in [-0.05, 0) is 62.8 Å². The fourth-order valence-corrected chi connectivity index (χ4v) is 5.26. The summed E-state index contributed by atoms with van der Waals surface area (Å²) in [6.07, 6.45) is 8.57. The molecule has 19 heavy (non-hydrogen) atoms. The van der Waals surface area contributed by atoms with Crippen molar-refractivity contribution in [1.82, 2.24) is 10.2 Å². The molecule has 0 amide bonds. The number of piperidine rings is 1. The van der Waals surface area contributed by atoms with Gasteiger partial charge in [0, 0.05) is 24.7 Å². The van der Waals surface area contributed by atoms with Crippen LogP contribution in [0.1, 0.15) is 59.3 Å². The summed E-state index contributed by atoms with van der Waals surface area (Å²) in [5.74, 6) is 2.81. The van der Waals surface area contributed by atoms with Crippen LogP contribution in [0, 0.1) is 17.8 Å². The maximum Gasteiger partial charge on any atom is 0.0278 e. The van der Waals surface area contributed by atoms with Gasteiger partial charge in [-0.25, -0.2) is 0 Å². The predicted molar refractivity (Wildman–Crippen MR) is 81.3 cm³/mol. The average molecular weight is 264 g/mol. The Morgan fingerprint density at radius 2 is 1.95 bits per heavy atom. The van der Waals surface area contributed by atoms with Crippen LogP contribution in [0.5, 0.6) is 0 Å². The number of likely N-dealkylation sites (tertiary alicyclic amines) is 1. The molecule has 3 aliphatic rings. The van der Waals surface area contributed by atoms with Crippen LogP contribution < -0.4 is 5.32 Å². The minimum atomic E-state index is 0.748. The van der Waals surface area contributed by atoms with Gasteiger partial charge >= 0.3 is 0 Å². The van der Waals surface area contributed by atoms with Gasteiger partial charge in [-0.3, -0.25) is 4.90 Å². The van der Waals surface area contributed by atoms with Gasteiger partial charge in [0.05, 0.1) is 0 Å². The lowest BCUT2D eigenvalue weighted by Gasteiger charge is -2.47. The third-order valence-corrected chi connectivity index (χ3v) is 5.92. The van der Waals surface area contributed by atoms with Gasteiger partial charge in [-0.15, -0.1) is 0 Å². The van der Waals surface area contributed by atoms with E-state index in [1.807, 2.05) is 0 Å². The molecule has 2 nitrogen and oxygen atoms in total. The van der Waals surface area contributed by atoms with Crippen molar-refractivity contribution in [2.45, 2.75) is 77.4 Å². The predicted octanol–water partition coefficient (Wildman–Crippen LogP) is 3.27. The van der Waals surface area contributed by atoms with Gasteiger partial charge in [0.2, 0.25) is 0 Å². The highest BCUT2D eigenvalue weighted by Crippen LogP contribution is 2.43. The van der Waals surface area contributed by atoms with E-state index in [-0.39, 0.29) is 0 Å². The van der Waals surface area contributed by atoms with E-state index in [1.165, 1.54) is 51.6 Å². The Balaban J connectivity index is 1.71. The van der Waals surface area contributed by atoms with E-state index < -0.39 is 0 Å². The molecule has 6 atom stereocenters. The summed E-state index contributed by atoms with van der Waals surface area (Å²) in [7, 11) is 0. The summed E-state index contributed by atoms with van der Waals surface area (Å²) in [6, 6.07) is 2.49. The molecule has 3 fully saturated rings. The van der Waals surface area contributed by atoms with E-state index in [0.717, 1.165) is 35.9 Å². The first kappa shape index (κ1) is 13.9. The fourth-order valence-electron chi connectivity index (χ4n) is 5.26. The Hall–Kier alpha value is -0.0800. The number of fused-ring (bicyclic) bond motifs is 2. The summed E-state index contributed by atoms with van der Waals surface area (Å²) in [5.41, 5.74) is 0. The number of hydrogen-bond acceptors (Lipinski definition) is 2. The molecule has 0 radical (unpaired) electrons. The molecule has 1 saturated heterocycles. The van der Waals surface area contributed by atoms with Gasteiger partial charge < -0.3 is 5.32 Å². The minimum Gasteiger partial charge on any atom is -0.312 e. The maximum atomic E-state index is 3.88. The van der Waals surface area contributed by atoms with Crippen LogP contribution in [0.4, 0.5) is 0 Å².